The predicted molar refractivity (Wildman–Crippen MR) is 125 cm³/mol. The van der Waals surface area contributed by atoms with Crippen LogP contribution in [0.25, 0.3) is 17.5 Å². The summed E-state index contributed by atoms with van der Waals surface area (Å²) in [4.78, 5) is 20.6. The molecular formula is C26H23N3O5. The number of benzene rings is 2. The van der Waals surface area contributed by atoms with Gasteiger partial charge in [-0.25, -0.2) is 4.79 Å². The summed E-state index contributed by atoms with van der Waals surface area (Å²) in [6.07, 6.45) is 4.72. The standard InChI is InChI=1S/C26H23N3O5/c1-2-31-23-9-4-3-8-22(23)26-28-24(34-29-26)18-33-25(30)15-12-19-10-13-21(14-11-19)32-17-20-7-5-6-16-27-20/h3-16H,2,17-18H2,1H3/b15-12+. The minimum absolute atomic E-state index is 0.132. The molecule has 0 saturated heterocycles. The van der Waals surface area contributed by atoms with E-state index in [1.807, 2.05) is 73.7 Å². The molecule has 4 aromatic rings. The first-order valence-corrected chi connectivity index (χ1v) is 10.7. The van der Waals surface area contributed by atoms with Crippen molar-refractivity contribution in [1.29, 1.82) is 0 Å². The van der Waals surface area contributed by atoms with Crippen LogP contribution in [0.1, 0.15) is 24.1 Å². The monoisotopic (exact) mass is 457 g/mol. The van der Waals surface area contributed by atoms with E-state index >= 15 is 0 Å². The molecule has 0 aliphatic rings. The number of esters is 1. The van der Waals surface area contributed by atoms with Crippen LogP contribution in [0.2, 0.25) is 0 Å². The number of carbonyl (C=O) groups is 1. The summed E-state index contributed by atoms with van der Waals surface area (Å²) in [7, 11) is 0. The maximum Gasteiger partial charge on any atom is 0.331 e. The molecule has 0 radical (unpaired) electrons. The molecule has 2 heterocycles. The van der Waals surface area contributed by atoms with Crippen molar-refractivity contribution in [2.75, 3.05) is 6.61 Å². The largest absolute Gasteiger partial charge is 0.493 e. The number of aromatic nitrogens is 3. The second-order valence-corrected chi connectivity index (χ2v) is 7.06. The highest BCUT2D eigenvalue weighted by Crippen LogP contribution is 2.27. The van der Waals surface area contributed by atoms with Gasteiger partial charge in [0.2, 0.25) is 5.82 Å². The first-order chi connectivity index (χ1) is 16.7. The molecule has 0 fully saturated rings. The molecule has 172 valence electrons. The van der Waals surface area contributed by atoms with Gasteiger partial charge in [0.1, 0.15) is 18.1 Å². The van der Waals surface area contributed by atoms with Crippen molar-refractivity contribution in [3.05, 3.63) is 96.2 Å². The fraction of sp³-hybridized carbons (Fsp3) is 0.154. The van der Waals surface area contributed by atoms with E-state index in [-0.39, 0.29) is 12.5 Å². The Labute approximate surface area is 196 Å². The highest BCUT2D eigenvalue weighted by Gasteiger charge is 2.14. The molecule has 34 heavy (non-hydrogen) atoms. The number of nitrogens with zero attached hydrogens (tertiary/aromatic N) is 3. The third-order valence-electron chi connectivity index (χ3n) is 4.64. The number of para-hydroxylation sites is 1. The Hall–Kier alpha value is -4.46. The Morgan fingerprint density at radius 1 is 0.971 bits per heavy atom. The summed E-state index contributed by atoms with van der Waals surface area (Å²) in [5.41, 5.74) is 2.38. The molecule has 0 bridgehead atoms. The maximum absolute atomic E-state index is 12.1. The van der Waals surface area contributed by atoms with Crippen LogP contribution in [0, 0.1) is 0 Å². The normalized spacial score (nSPS) is 10.9. The van der Waals surface area contributed by atoms with Gasteiger partial charge in [0.25, 0.3) is 5.89 Å². The van der Waals surface area contributed by atoms with Crippen LogP contribution in [0.5, 0.6) is 11.5 Å². The molecule has 0 unspecified atom stereocenters. The second-order valence-electron chi connectivity index (χ2n) is 7.06. The molecule has 0 spiro atoms. The van der Waals surface area contributed by atoms with Gasteiger partial charge in [-0.3, -0.25) is 4.98 Å². The van der Waals surface area contributed by atoms with Gasteiger partial charge in [0.05, 0.1) is 17.9 Å². The highest BCUT2D eigenvalue weighted by atomic mass is 16.6. The minimum atomic E-state index is -0.523. The lowest BCUT2D eigenvalue weighted by Gasteiger charge is -2.06. The number of ether oxygens (including phenoxy) is 3. The summed E-state index contributed by atoms with van der Waals surface area (Å²) in [6, 6.07) is 20.4. The van der Waals surface area contributed by atoms with Gasteiger partial charge < -0.3 is 18.7 Å². The molecule has 0 N–H and O–H groups in total. The van der Waals surface area contributed by atoms with Crippen LogP contribution in [0.3, 0.4) is 0 Å². The number of carbonyl (C=O) groups excluding carboxylic acids is 1. The Balaban J connectivity index is 1.27. The lowest BCUT2D eigenvalue weighted by molar-refractivity contribution is -0.139. The lowest BCUT2D eigenvalue weighted by atomic mass is 10.2. The lowest BCUT2D eigenvalue weighted by Crippen LogP contribution is -2.01. The number of hydrogen-bond acceptors (Lipinski definition) is 8. The van der Waals surface area contributed by atoms with E-state index in [1.54, 1.807) is 12.3 Å². The van der Waals surface area contributed by atoms with Crippen molar-refractivity contribution in [3.63, 3.8) is 0 Å². The Morgan fingerprint density at radius 3 is 2.59 bits per heavy atom. The van der Waals surface area contributed by atoms with Crippen molar-refractivity contribution in [2.24, 2.45) is 0 Å². The third-order valence-corrected chi connectivity index (χ3v) is 4.64. The Bertz CT molecular complexity index is 1240. The zero-order chi connectivity index (χ0) is 23.6. The molecule has 0 saturated carbocycles. The molecule has 0 aliphatic heterocycles. The smallest absolute Gasteiger partial charge is 0.331 e. The number of pyridine rings is 1. The van der Waals surface area contributed by atoms with Crippen LogP contribution >= 0.6 is 0 Å². The van der Waals surface area contributed by atoms with Crippen LogP contribution in [0.15, 0.2) is 83.5 Å². The van der Waals surface area contributed by atoms with Crippen molar-refractivity contribution in [1.82, 2.24) is 15.1 Å². The van der Waals surface area contributed by atoms with Crippen molar-refractivity contribution in [3.8, 4) is 22.9 Å². The van der Waals surface area contributed by atoms with Gasteiger partial charge in [-0.1, -0.05) is 35.5 Å². The van der Waals surface area contributed by atoms with E-state index in [0.717, 1.165) is 11.3 Å². The van der Waals surface area contributed by atoms with Crippen LogP contribution < -0.4 is 9.47 Å². The SMILES string of the molecule is CCOc1ccccc1-c1noc(COC(=O)/C=C/c2ccc(OCc3ccccn3)cc2)n1. The third kappa shape index (κ3) is 6.29. The molecule has 0 aliphatic carbocycles. The van der Waals surface area contributed by atoms with Crippen LogP contribution in [-0.4, -0.2) is 27.7 Å². The van der Waals surface area contributed by atoms with Gasteiger partial charge in [-0.2, -0.15) is 4.98 Å². The van der Waals surface area contributed by atoms with Crippen molar-refractivity contribution >= 4 is 12.0 Å². The van der Waals surface area contributed by atoms with E-state index < -0.39 is 5.97 Å². The molecule has 8 heteroatoms. The van der Waals surface area contributed by atoms with Gasteiger partial charge in [-0.15, -0.1) is 0 Å². The van der Waals surface area contributed by atoms with Crippen molar-refractivity contribution < 1.29 is 23.5 Å². The summed E-state index contributed by atoms with van der Waals surface area (Å²) >= 11 is 0. The fourth-order valence-corrected chi connectivity index (χ4v) is 3.02. The molecule has 0 amide bonds. The predicted octanol–water partition coefficient (Wildman–Crippen LogP) is 4.87. The molecule has 2 aromatic carbocycles. The maximum atomic E-state index is 12.1. The average molecular weight is 457 g/mol. The minimum Gasteiger partial charge on any atom is -0.493 e. The topological polar surface area (TPSA) is 96.6 Å². The second kappa shape index (κ2) is 11.4. The van der Waals surface area contributed by atoms with E-state index in [1.165, 1.54) is 6.08 Å². The summed E-state index contributed by atoms with van der Waals surface area (Å²) in [5.74, 6) is 1.41. The summed E-state index contributed by atoms with van der Waals surface area (Å²) in [6.45, 7) is 2.67. The van der Waals surface area contributed by atoms with Gasteiger partial charge in [0, 0.05) is 12.3 Å². The van der Waals surface area contributed by atoms with Crippen molar-refractivity contribution in [2.45, 2.75) is 20.1 Å². The quantitative estimate of drug-likeness (QED) is 0.246. The number of rotatable bonds is 10. The van der Waals surface area contributed by atoms with Crippen LogP contribution in [-0.2, 0) is 22.7 Å². The van der Waals surface area contributed by atoms with Gasteiger partial charge >= 0.3 is 5.97 Å². The van der Waals surface area contributed by atoms with Gasteiger partial charge in [-0.05, 0) is 55.0 Å². The molecule has 0 atom stereocenters. The van der Waals surface area contributed by atoms with E-state index in [0.29, 0.717) is 36.1 Å². The first kappa shape index (κ1) is 22.7. The van der Waals surface area contributed by atoms with E-state index in [2.05, 4.69) is 15.1 Å². The molecular weight excluding hydrogens is 434 g/mol. The zero-order valence-electron chi connectivity index (χ0n) is 18.6. The Morgan fingerprint density at radius 2 is 1.79 bits per heavy atom. The average Bonchev–Trinajstić information content (AvgIpc) is 3.36. The highest BCUT2D eigenvalue weighted by molar-refractivity contribution is 5.87. The molecule has 8 nitrogen and oxygen atoms in total. The van der Waals surface area contributed by atoms with Gasteiger partial charge in [0.15, 0.2) is 6.61 Å². The first-order valence-electron chi connectivity index (χ1n) is 10.7. The van der Waals surface area contributed by atoms with Crippen LogP contribution in [0.4, 0.5) is 0 Å². The molecule has 4 rings (SSSR count). The van der Waals surface area contributed by atoms with E-state index in [9.17, 15) is 4.79 Å². The summed E-state index contributed by atoms with van der Waals surface area (Å²) < 4.78 is 21.7. The zero-order valence-corrected chi connectivity index (χ0v) is 18.6. The van der Waals surface area contributed by atoms with E-state index in [4.69, 9.17) is 18.7 Å². The summed E-state index contributed by atoms with van der Waals surface area (Å²) in [5, 5.41) is 3.95. The Kier molecular flexibility index (Phi) is 7.63. The molecule has 2 aromatic heterocycles. The fourth-order valence-electron chi connectivity index (χ4n) is 3.02. The number of hydrogen-bond donors (Lipinski definition) is 0.